The minimum Gasteiger partial charge on any atom is -0.342 e. The van der Waals surface area contributed by atoms with E-state index in [0.717, 1.165) is 41.8 Å². The van der Waals surface area contributed by atoms with Crippen LogP contribution in [0.5, 0.6) is 0 Å². The van der Waals surface area contributed by atoms with Crippen molar-refractivity contribution in [2.45, 2.75) is 39.2 Å². The summed E-state index contributed by atoms with van der Waals surface area (Å²) in [6.07, 6.45) is 5.08. The fourth-order valence-corrected chi connectivity index (χ4v) is 2.69. The Hall–Kier alpha value is -2.89. The lowest BCUT2D eigenvalue weighted by Crippen LogP contribution is -2.21. The number of aryl methyl sites for hydroxylation is 2. The average Bonchev–Trinajstić information content (AvgIpc) is 3.01. The fraction of sp³-hybridized carbons (Fsp3) is 0.316. The number of imidazole rings is 1. The Morgan fingerprint density at radius 2 is 2.16 bits per heavy atom. The highest BCUT2D eigenvalue weighted by molar-refractivity contribution is 5.93. The number of nitrogens with one attached hydrogen (secondary N) is 2. The molecule has 6 nitrogen and oxygen atoms in total. The van der Waals surface area contributed by atoms with Crippen LogP contribution in [0, 0.1) is 0 Å². The summed E-state index contributed by atoms with van der Waals surface area (Å²) < 4.78 is 1.53. The highest BCUT2D eigenvalue weighted by Gasteiger charge is 2.07. The molecule has 2 aromatic heterocycles. The Morgan fingerprint density at radius 3 is 2.96 bits per heavy atom. The number of hydrogen-bond acceptors (Lipinski definition) is 3. The maximum absolute atomic E-state index is 12.1. The second-order valence-corrected chi connectivity index (χ2v) is 6.05. The number of benzene rings is 1. The molecule has 0 saturated carbocycles. The number of carbonyl (C=O) groups is 1. The first-order valence-corrected chi connectivity index (χ1v) is 8.59. The molecule has 0 saturated heterocycles. The van der Waals surface area contributed by atoms with Gasteiger partial charge in [-0.05, 0) is 30.7 Å². The minimum atomic E-state index is -0.124. The van der Waals surface area contributed by atoms with Crippen LogP contribution in [0.4, 0.5) is 5.69 Å². The fourth-order valence-electron chi connectivity index (χ4n) is 2.69. The van der Waals surface area contributed by atoms with E-state index in [-0.39, 0.29) is 17.9 Å². The number of aromatic amines is 1. The molecule has 25 heavy (non-hydrogen) atoms. The molecule has 0 aliphatic heterocycles. The van der Waals surface area contributed by atoms with Crippen molar-refractivity contribution < 1.29 is 4.79 Å². The molecule has 0 atom stereocenters. The molecule has 0 radical (unpaired) electrons. The summed E-state index contributed by atoms with van der Waals surface area (Å²) in [5.74, 6) is 0.851. The third-order valence-corrected chi connectivity index (χ3v) is 4.06. The number of pyridine rings is 1. The lowest BCUT2D eigenvalue weighted by molar-refractivity contribution is -0.116. The minimum absolute atomic E-state index is 0.103. The molecule has 2 N–H and O–H groups in total. The second kappa shape index (κ2) is 7.79. The number of nitrogens with zero attached hydrogens (tertiary/aromatic N) is 2. The first kappa shape index (κ1) is 17.0. The Bertz CT molecular complexity index is 926. The van der Waals surface area contributed by atoms with Crippen LogP contribution < -0.4 is 10.9 Å². The molecular formula is C19H22N4O2. The van der Waals surface area contributed by atoms with E-state index in [1.807, 2.05) is 18.2 Å². The van der Waals surface area contributed by atoms with Crippen molar-refractivity contribution in [1.82, 2.24) is 14.5 Å². The molecule has 1 amide bonds. The van der Waals surface area contributed by atoms with Gasteiger partial charge in [-0.3, -0.25) is 9.59 Å². The van der Waals surface area contributed by atoms with Crippen LogP contribution in [0.2, 0.25) is 0 Å². The first-order valence-electron chi connectivity index (χ1n) is 8.59. The van der Waals surface area contributed by atoms with E-state index in [9.17, 15) is 9.59 Å². The molecule has 0 aliphatic rings. The maximum Gasteiger partial charge on any atom is 0.250 e. The van der Waals surface area contributed by atoms with Crippen molar-refractivity contribution in [3.8, 4) is 0 Å². The van der Waals surface area contributed by atoms with E-state index in [4.69, 9.17) is 0 Å². The molecular weight excluding hydrogens is 316 g/mol. The number of anilines is 1. The largest absolute Gasteiger partial charge is 0.342 e. The lowest BCUT2D eigenvalue weighted by atomic mass is 10.2. The number of aromatic nitrogens is 3. The maximum atomic E-state index is 12.1. The van der Waals surface area contributed by atoms with Gasteiger partial charge < -0.3 is 14.9 Å². The Morgan fingerprint density at radius 1 is 1.28 bits per heavy atom. The van der Waals surface area contributed by atoms with Crippen molar-refractivity contribution in [1.29, 1.82) is 0 Å². The van der Waals surface area contributed by atoms with Gasteiger partial charge >= 0.3 is 0 Å². The van der Waals surface area contributed by atoms with E-state index >= 15 is 0 Å². The van der Waals surface area contributed by atoms with Gasteiger partial charge in [0.2, 0.25) is 5.91 Å². The molecule has 2 heterocycles. The first-order chi connectivity index (χ1) is 12.2. The van der Waals surface area contributed by atoms with Crippen LogP contribution in [-0.4, -0.2) is 20.4 Å². The predicted molar refractivity (Wildman–Crippen MR) is 98.7 cm³/mol. The monoisotopic (exact) mass is 338 g/mol. The highest BCUT2D eigenvalue weighted by Crippen LogP contribution is 2.18. The number of fused-ring (bicyclic) bond motifs is 1. The number of hydrogen-bond donors (Lipinski definition) is 2. The summed E-state index contributed by atoms with van der Waals surface area (Å²) >= 11 is 0. The molecule has 0 bridgehead atoms. The Labute approximate surface area is 145 Å². The average molecular weight is 338 g/mol. The number of unbranched alkanes of at least 4 members (excludes halogenated alkanes) is 1. The van der Waals surface area contributed by atoms with Crippen molar-refractivity contribution >= 4 is 22.6 Å². The van der Waals surface area contributed by atoms with Crippen LogP contribution in [0.1, 0.15) is 32.0 Å². The molecule has 0 unspecified atom stereocenters. The van der Waals surface area contributed by atoms with Crippen LogP contribution in [0.25, 0.3) is 11.0 Å². The van der Waals surface area contributed by atoms with Crippen LogP contribution in [0.15, 0.2) is 47.4 Å². The lowest BCUT2D eigenvalue weighted by Gasteiger charge is -2.07. The van der Waals surface area contributed by atoms with Gasteiger partial charge in [0.25, 0.3) is 5.56 Å². The summed E-state index contributed by atoms with van der Waals surface area (Å²) in [7, 11) is 0. The van der Waals surface area contributed by atoms with E-state index in [1.165, 1.54) is 10.6 Å². The van der Waals surface area contributed by atoms with Crippen molar-refractivity contribution in [3.05, 3.63) is 58.8 Å². The zero-order chi connectivity index (χ0) is 17.6. The van der Waals surface area contributed by atoms with Crippen LogP contribution in [0.3, 0.4) is 0 Å². The topological polar surface area (TPSA) is 79.8 Å². The zero-order valence-corrected chi connectivity index (χ0v) is 14.3. The second-order valence-electron chi connectivity index (χ2n) is 6.05. The molecule has 1 aromatic carbocycles. The van der Waals surface area contributed by atoms with Gasteiger partial charge in [0.05, 0.1) is 11.0 Å². The predicted octanol–water partition coefficient (Wildman–Crippen LogP) is 3.10. The van der Waals surface area contributed by atoms with E-state index < -0.39 is 0 Å². The van der Waals surface area contributed by atoms with Crippen molar-refractivity contribution in [2.75, 3.05) is 5.32 Å². The van der Waals surface area contributed by atoms with Gasteiger partial charge in [-0.25, -0.2) is 4.98 Å². The van der Waals surface area contributed by atoms with Gasteiger partial charge in [-0.2, -0.15) is 0 Å². The van der Waals surface area contributed by atoms with Crippen molar-refractivity contribution in [2.24, 2.45) is 0 Å². The summed E-state index contributed by atoms with van der Waals surface area (Å²) in [6, 6.07) is 10.6. The Kier molecular flexibility index (Phi) is 5.28. The SMILES string of the molecule is CCCCc1nc2ccc(NC(=O)CCn3ccccc3=O)cc2[nH]1. The van der Waals surface area contributed by atoms with E-state index in [1.54, 1.807) is 18.3 Å². The molecule has 0 fully saturated rings. The third-order valence-electron chi connectivity index (χ3n) is 4.06. The number of amides is 1. The van der Waals surface area contributed by atoms with Crippen molar-refractivity contribution in [3.63, 3.8) is 0 Å². The van der Waals surface area contributed by atoms with Crippen LogP contribution in [-0.2, 0) is 17.8 Å². The van der Waals surface area contributed by atoms with Gasteiger partial charge in [-0.1, -0.05) is 19.4 Å². The quantitative estimate of drug-likeness (QED) is 0.695. The highest BCUT2D eigenvalue weighted by atomic mass is 16.1. The summed E-state index contributed by atoms with van der Waals surface area (Å²) in [5.41, 5.74) is 2.44. The standard InChI is InChI=1S/C19H22N4O2/c1-2-3-6-17-21-15-9-8-14(13-16(15)22-17)20-18(24)10-12-23-11-5-4-7-19(23)25/h4-5,7-9,11,13H,2-3,6,10,12H2,1H3,(H,20,24)(H,21,22). The zero-order valence-electron chi connectivity index (χ0n) is 14.3. The van der Waals surface area contributed by atoms with E-state index in [2.05, 4.69) is 22.2 Å². The summed E-state index contributed by atoms with van der Waals surface area (Å²) in [5, 5.41) is 2.87. The van der Waals surface area contributed by atoms with Gasteiger partial charge in [0.15, 0.2) is 0 Å². The third kappa shape index (κ3) is 4.35. The molecule has 0 aliphatic carbocycles. The molecule has 130 valence electrons. The molecule has 3 aromatic rings. The summed E-state index contributed by atoms with van der Waals surface area (Å²) in [4.78, 5) is 31.6. The van der Waals surface area contributed by atoms with E-state index in [0.29, 0.717) is 6.54 Å². The molecule has 3 rings (SSSR count). The normalized spacial score (nSPS) is 10.9. The molecule has 0 spiro atoms. The van der Waals surface area contributed by atoms with Gasteiger partial charge in [0.1, 0.15) is 5.82 Å². The smallest absolute Gasteiger partial charge is 0.250 e. The number of carbonyl (C=O) groups excluding carboxylic acids is 1. The molecule has 6 heteroatoms. The van der Waals surface area contributed by atoms with Gasteiger partial charge in [0, 0.05) is 37.3 Å². The Balaban J connectivity index is 1.62. The summed E-state index contributed by atoms with van der Waals surface area (Å²) in [6.45, 7) is 2.51. The van der Waals surface area contributed by atoms with Gasteiger partial charge in [-0.15, -0.1) is 0 Å². The number of H-pyrrole nitrogens is 1. The number of rotatable bonds is 7. The van der Waals surface area contributed by atoms with Crippen LogP contribution >= 0.6 is 0 Å².